The Morgan fingerprint density at radius 3 is 2.61 bits per heavy atom. The molecule has 0 N–H and O–H groups in total. The normalized spacial score (nSPS) is 16.2. The van der Waals surface area contributed by atoms with Crippen LogP contribution in [0, 0.1) is 0 Å². The van der Waals surface area contributed by atoms with Gasteiger partial charge in [-0.3, -0.25) is 4.79 Å². The molecule has 4 rings (SSSR count). The first-order valence-electron chi connectivity index (χ1n) is 9.18. The first-order valence-corrected chi connectivity index (χ1v) is 9.56. The highest BCUT2D eigenvalue weighted by Gasteiger charge is 2.31. The number of hydrogen-bond donors (Lipinski definition) is 0. The molecule has 1 aromatic heterocycles. The number of aromatic nitrogens is 2. The Hall–Kier alpha value is -2.92. The maximum atomic E-state index is 13.1. The SMILES string of the molecule is COc1cccc([C@H]2CCCN2C(=O)c2cnc(-c3ccc(Cl)cc3)nc2)c1. The summed E-state index contributed by atoms with van der Waals surface area (Å²) in [4.78, 5) is 23.7. The van der Waals surface area contributed by atoms with Crippen molar-refractivity contribution in [1.82, 2.24) is 14.9 Å². The van der Waals surface area contributed by atoms with Gasteiger partial charge in [0.1, 0.15) is 5.75 Å². The minimum absolute atomic E-state index is 0.0403. The minimum Gasteiger partial charge on any atom is -0.497 e. The summed E-state index contributed by atoms with van der Waals surface area (Å²) < 4.78 is 5.33. The molecule has 1 aliphatic rings. The minimum atomic E-state index is -0.0482. The fraction of sp³-hybridized carbons (Fsp3) is 0.227. The van der Waals surface area contributed by atoms with E-state index < -0.39 is 0 Å². The third kappa shape index (κ3) is 3.71. The summed E-state index contributed by atoms with van der Waals surface area (Å²) in [5, 5.41) is 0.660. The first-order chi connectivity index (χ1) is 13.7. The molecule has 1 aliphatic heterocycles. The van der Waals surface area contributed by atoms with Crippen molar-refractivity contribution < 1.29 is 9.53 Å². The second kappa shape index (κ2) is 7.98. The van der Waals surface area contributed by atoms with Crippen LogP contribution >= 0.6 is 11.6 Å². The van der Waals surface area contributed by atoms with Crippen molar-refractivity contribution in [3.63, 3.8) is 0 Å². The van der Waals surface area contributed by atoms with Crippen molar-refractivity contribution in [3.05, 3.63) is 77.1 Å². The molecule has 1 atom stereocenters. The summed E-state index contributed by atoms with van der Waals surface area (Å²) in [6.07, 6.45) is 5.10. The van der Waals surface area contributed by atoms with Gasteiger partial charge in [-0.15, -0.1) is 0 Å². The molecule has 0 spiro atoms. The highest BCUT2D eigenvalue weighted by molar-refractivity contribution is 6.30. The Bertz CT molecular complexity index is 974. The van der Waals surface area contributed by atoms with E-state index in [0.29, 0.717) is 16.4 Å². The van der Waals surface area contributed by atoms with Crippen LogP contribution in [0.5, 0.6) is 5.75 Å². The van der Waals surface area contributed by atoms with E-state index in [1.165, 1.54) is 0 Å². The molecule has 0 unspecified atom stereocenters. The number of carbonyl (C=O) groups excluding carboxylic acids is 1. The van der Waals surface area contributed by atoms with Gasteiger partial charge in [0.05, 0.1) is 18.7 Å². The number of methoxy groups -OCH3 is 1. The van der Waals surface area contributed by atoms with E-state index in [1.807, 2.05) is 41.3 Å². The Morgan fingerprint density at radius 1 is 1.14 bits per heavy atom. The molecule has 2 heterocycles. The van der Waals surface area contributed by atoms with Gasteiger partial charge in [-0.1, -0.05) is 23.7 Å². The zero-order chi connectivity index (χ0) is 19.5. The molecule has 1 amide bonds. The third-order valence-electron chi connectivity index (χ3n) is 4.99. The molecule has 6 heteroatoms. The van der Waals surface area contributed by atoms with Gasteiger partial charge >= 0.3 is 0 Å². The molecule has 1 fully saturated rings. The molecular weight excluding hydrogens is 374 g/mol. The molecule has 0 radical (unpaired) electrons. The van der Waals surface area contributed by atoms with Crippen LogP contribution in [-0.2, 0) is 0 Å². The number of rotatable bonds is 4. The van der Waals surface area contributed by atoms with E-state index in [9.17, 15) is 4.79 Å². The van der Waals surface area contributed by atoms with Crippen LogP contribution in [0.25, 0.3) is 11.4 Å². The summed E-state index contributed by atoms with van der Waals surface area (Å²) in [5.74, 6) is 1.32. The van der Waals surface area contributed by atoms with Gasteiger partial charge < -0.3 is 9.64 Å². The van der Waals surface area contributed by atoms with E-state index in [1.54, 1.807) is 31.6 Å². The number of amides is 1. The summed E-state index contributed by atoms with van der Waals surface area (Å²) >= 11 is 5.92. The summed E-state index contributed by atoms with van der Waals surface area (Å²) in [6, 6.07) is 15.3. The molecule has 1 saturated heterocycles. The zero-order valence-electron chi connectivity index (χ0n) is 15.5. The molecule has 142 valence electrons. The smallest absolute Gasteiger partial charge is 0.257 e. The van der Waals surface area contributed by atoms with Gasteiger partial charge in [0.2, 0.25) is 0 Å². The lowest BCUT2D eigenvalue weighted by Gasteiger charge is -2.25. The highest BCUT2D eigenvalue weighted by atomic mass is 35.5. The number of hydrogen-bond acceptors (Lipinski definition) is 4. The maximum Gasteiger partial charge on any atom is 0.257 e. The van der Waals surface area contributed by atoms with Crippen LogP contribution in [-0.4, -0.2) is 34.4 Å². The van der Waals surface area contributed by atoms with Gasteiger partial charge in [0.15, 0.2) is 5.82 Å². The van der Waals surface area contributed by atoms with Gasteiger partial charge in [-0.2, -0.15) is 0 Å². The quantitative estimate of drug-likeness (QED) is 0.639. The molecule has 0 saturated carbocycles. The van der Waals surface area contributed by atoms with E-state index >= 15 is 0 Å². The van der Waals surface area contributed by atoms with Gasteiger partial charge in [-0.25, -0.2) is 9.97 Å². The molecule has 0 bridgehead atoms. The molecular formula is C22H20ClN3O2. The number of likely N-dealkylation sites (tertiary alicyclic amines) is 1. The fourth-order valence-electron chi connectivity index (χ4n) is 3.56. The first kappa shape index (κ1) is 18.4. The topological polar surface area (TPSA) is 55.3 Å². The fourth-order valence-corrected chi connectivity index (χ4v) is 3.68. The molecule has 3 aromatic rings. The van der Waals surface area contributed by atoms with Crippen molar-refractivity contribution in [2.75, 3.05) is 13.7 Å². The zero-order valence-corrected chi connectivity index (χ0v) is 16.3. The van der Waals surface area contributed by atoms with Crippen molar-refractivity contribution in [3.8, 4) is 17.1 Å². The second-order valence-corrected chi connectivity index (χ2v) is 7.17. The van der Waals surface area contributed by atoms with E-state index in [2.05, 4.69) is 9.97 Å². The monoisotopic (exact) mass is 393 g/mol. The second-order valence-electron chi connectivity index (χ2n) is 6.74. The summed E-state index contributed by atoms with van der Waals surface area (Å²) in [6.45, 7) is 0.722. The van der Waals surface area contributed by atoms with Gasteiger partial charge in [0, 0.05) is 29.5 Å². The Balaban J connectivity index is 1.55. The number of halogens is 1. The molecule has 2 aromatic carbocycles. The van der Waals surface area contributed by atoms with E-state index in [-0.39, 0.29) is 11.9 Å². The van der Waals surface area contributed by atoms with Gasteiger partial charge in [0.25, 0.3) is 5.91 Å². The standard InChI is InChI=1S/C22H20ClN3O2/c1-28-19-5-2-4-16(12-19)20-6-3-11-26(20)22(27)17-13-24-21(25-14-17)15-7-9-18(23)10-8-15/h2,4-5,7-10,12-14,20H,3,6,11H2,1H3/t20-/m1/s1. The molecule has 0 aliphatic carbocycles. The summed E-state index contributed by atoms with van der Waals surface area (Å²) in [7, 11) is 1.65. The molecule has 28 heavy (non-hydrogen) atoms. The number of carbonyl (C=O) groups is 1. The van der Waals surface area contributed by atoms with Crippen molar-refractivity contribution in [1.29, 1.82) is 0 Å². The maximum absolute atomic E-state index is 13.1. The predicted octanol–water partition coefficient (Wildman–Crippen LogP) is 4.78. The molecule has 5 nitrogen and oxygen atoms in total. The Kier molecular flexibility index (Phi) is 5.26. The van der Waals surface area contributed by atoms with Crippen LogP contribution in [0.15, 0.2) is 60.9 Å². The largest absolute Gasteiger partial charge is 0.497 e. The van der Waals surface area contributed by atoms with Crippen molar-refractivity contribution in [2.45, 2.75) is 18.9 Å². The third-order valence-corrected chi connectivity index (χ3v) is 5.25. The van der Waals surface area contributed by atoms with Crippen LogP contribution in [0.4, 0.5) is 0 Å². The average Bonchev–Trinajstić information content (AvgIpc) is 3.24. The lowest BCUT2D eigenvalue weighted by molar-refractivity contribution is 0.0734. The van der Waals surface area contributed by atoms with Crippen molar-refractivity contribution >= 4 is 17.5 Å². The van der Waals surface area contributed by atoms with Crippen LogP contribution in [0.3, 0.4) is 0 Å². The lowest BCUT2D eigenvalue weighted by Crippen LogP contribution is -2.30. The van der Waals surface area contributed by atoms with E-state index in [0.717, 1.165) is 36.3 Å². The average molecular weight is 394 g/mol. The van der Waals surface area contributed by atoms with Crippen LogP contribution in [0.1, 0.15) is 34.8 Å². The van der Waals surface area contributed by atoms with Crippen LogP contribution in [0.2, 0.25) is 5.02 Å². The lowest BCUT2D eigenvalue weighted by atomic mass is 10.0. The number of benzene rings is 2. The Morgan fingerprint density at radius 2 is 1.89 bits per heavy atom. The van der Waals surface area contributed by atoms with E-state index in [4.69, 9.17) is 16.3 Å². The van der Waals surface area contributed by atoms with Crippen LogP contribution < -0.4 is 4.74 Å². The predicted molar refractivity (Wildman–Crippen MR) is 108 cm³/mol. The number of nitrogens with zero attached hydrogens (tertiary/aromatic N) is 3. The highest BCUT2D eigenvalue weighted by Crippen LogP contribution is 2.34. The Labute approximate surface area is 169 Å². The summed E-state index contributed by atoms with van der Waals surface area (Å²) in [5.41, 5.74) is 2.44. The van der Waals surface area contributed by atoms with Gasteiger partial charge in [-0.05, 0) is 54.8 Å². The van der Waals surface area contributed by atoms with Crippen molar-refractivity contribution in [2.24, 2.45) is 0 Å². The number of ether oxygens (including phenoxy) is 1.